The smallest absolute Gasteiger partial charge is 0.352 e. The number of fused-ring (bicyclic) bond motifs is 1. The van der Waals surface area contributed by atoms with Gasteiger partial charge in [0, 0.05) is 6.07 Å². The molecule has 0 aromatic heterocycles. The van der Waals surface area contributed by atoms with E-state index in [1.54, 1.807) is 13.0 Å². The Morgan fingerprint density at radius 2 is 1.53 bits per heavy atom. The van der Waals surface area contributed by atoms with Gasteiger partial charge in [0.25, 0.3) is 0 Å². The molecule has 0 saturated carbocycles. The molecular weight excluding hydrogens is 487 g/mol. The van der Waals surface area contributed by atoms with E-state index in [4.69, 9.17) is 14.2 Å². The summed E-state index contributed by atoms with van der Waals surface area (Å²) in [6.45, 7) is 4.46. The highest BCUT2D eigenvalue weighted by atomic mass is 19.2. The van der Waals surface area contributed by atoms with Gasteiger partial charge in [-0.3, -0.25) is 4.79 Å². The molecule has 1 aliphatic rings. The van der Waals surface area contributed by atoms with E-state index in [-0.39, 0.29) is 28.6 Å². The lowest BCUT2D eigenvalue weighted by Gasteiger charge is -2.16. The molecule has 3 aromatic carbocycles. The molecule has 1 unspecified atom stereocenters. The first-order valence-electron chi connectivity index (χ1n) is 10.5. The van der Waals surface area contributed by atoms with Gasteiger partial charge in [0.1, 0.15) is 11.5 Å². The van der Waals surface area contributed by atoms with Crippen molar-refractivity contribution in [3.05, 3.63) is 93.5 Å². The van der Waals surface area contributed by atoms with Gasteiger partial charge in [0.15, 0.2) is 17.6 Å². The average molecular weight is 504 g/mol. The molecule has 0 fully saturated rings. The second-order valence-electron chi connectivity index (χ2n) is 7.99. The van der Waals surface area contributed by atoms with Crippen LogP contribution in [-0.2, 0) is 4.79 Å². The number of hydrogen-bond donors (Lipinski definition) is 0. The van der Waals surface area contributed by atoms with Crippen LogP contribution in [0.3, 0.4) is 0 Å². The Hall–Kier alpha value is -4.21. The quantitative estimate of drug-likeness (QED) is 0.107. The fourth-order valence-electron chi connectivity index (χ4n) is 3.54. The van der Waals surface area contributed by atoms with E-state index in [0.717, 1.165) is 18.1 Å². The lowest BCUT2D eigenvalue weighted by Crippen LogP contribution is -2.29. The molecule has 3 aromatic rings. The zero-order valence-electron chi connectivity index (χ0n) is 19.0. The summed E-state index contributed by atoms with van der Waals surface area (Å²) < 4.78 is 83.2. The van der Waals surface area contributed by atoms with Crippen LogP contribution < -0.4 is 14.2 Å². The van der Waals surface area contributed by atoms with Crippen molar-refractivity contribution in [2.75, 3.05) is 0 Å². The lowest BCUT2D eigenvalue weighted by atomic mass is 10.0. The van der Waals surface area contributed by atoms with Crippen molar-refractivity contribution in [2.45, 2.75) is 26.9 Å². The van der Waals surface area contributed by atoms with Gasteiger partial charge >= 0.3 is 5.97 Å². The summed E-state index contributed by atoms with van der Waals surface area (Å²) in [6.07, 6.45) is -0.172. The van der Waals surface area contributed by atoms with E-state index < -0.39 is 46.9 Å². The second kappa shape index (κ2) is 9.44. The number of Topliss-reactive ketones (excluding diaryl/α,β-unsaturated/α-hetero) is 1. The minimum atomic E-state index is -2.36. The molecular formula is C26H17F5O5. The van der Waals surface area contributed by atoms with Crippen LogP contribution in [0.1, 0.15) is 34.0 Å². The standard InChI is InChI=1S/C26H17F5O5/c1-11-6-4-5-7-14(11)9-17-24(32)18-12(2)8-15(10-16(18)36-17)35-26(33)13(3)34-25-22(30)20(28)19(27)21(29)23(25)31/h4-10,13H,1-3H3/b17-9-. The zero-order valence-corrected chi connectivity index (χ0v) is 19.0. The van der Waals surface area contributed by atoms with E-state index in [9.17, 15) is 31.5 Å². The topological polar surface area (TPSA) is 61.8 Å². The second-order valence-corrected chi connectivity index (χ2v) is 7.99. The highest BCUT2D eigenvalue weighted by Gasteiger charge is 2.32. The lowest BCUT2D eigenvalue weighted by molar-refractivity contribution is -0.141. The number of ketones is 1. The summed E-state index contributed by atoms with van der Waals surface area (Å²) in [5.74, 6) is -14.3. The first-order chi connectivity index (χ1) is 17.0. The maximum atomic E-state index is 13.9. The predicted molar refractivity (Wildman–Crippen MR) is 117 cm³/mol. The normalized spacial score (nSPS) is 14.4. The molecule has 0 aliphatic carbocycles. The van der Waals surface area contributed by atoms with Crippen molar-refractivity contribution in [1.29, 1.82) is 0 Å². The highest BCUT2D eigenvalue weighted by Crippen LogP contribution is 2.38. The summed E-state index contributed by atoms with van der Waals surface area (Å²) in [7, 11) is 0. The maximum absolute atomic E-state index is 13.9. The fraction of sp³-hybridized carbons (Fsp3) is 0.154. The average Bonchev–Trinajstić information content (AvgIpc) is 3.15. The van der Waals surface area contributed by atoms with Crippen LogP contribution in [0.25, 0.3) is 6.08 Å². The van der Waals surface area contributed by atoms with E-state index in [2.05, 4.69) is 0 Å². The van der Waals surface area contributed by atoms with Crippen LogP contribution in [0.5, 0.6) is 17.2 Å². The number of carbonyl (C=O) groups is 2. The molecule has 1 heterocycles. The maximum Gasteiger partial charge on any atom is 0.352 e. The Balaban J connectivity index is 1.55. The Morgan fingerprint density at radius 1 is 0.917 bits per heavy atom. The van der Waals surface area contributed by atoms with Gasteiger partial charge in [-0.1, -0.05) is 24.3 Å². The Labute approximate surface area is 201 Å². The first-order valence-corrected chi connectivity index (χ1v) is 10.5. The van der Waals surface area contributed by atoms with Crippen LogP contribution in [-0.4, -0.2) is 17.9 Å². The number of halogens is 5. The molecule has 0 bridgehead atoms. The van der Waals surface area contributed by atoms with Gasteiger partial charge in [-0.25, -0.2) is 18.0 Å². The van der Waals surface area contributed by atoms with Gasteiger partial charge < -0.3 is 14.2 Å². The molecule has 1 aliphatic heterocycles. The summed E-state index contributed by atoms with van der Waals surface area (Å²) in [6, 6.07) is 9.97. The fourth-order valence-corrected chi connectivity index (χ4v) is 3.54. The van der Waals surface area contributed by atoms with Crippen molar-refractivity contribution in [3.63, 3.8) is 0 Å². The number of allylic oxidation sites excluding steroid dienone is 1. The van der Waals surface area contributed by atoms with Crippen LogP contribution in [0.2, 0.25) is 0 Å². The molecule has 0 spiro atoms. The van der Waals surface area contributed by atoms with Crippen molar-refractivity contribution in [3.8, 4) is 17.2 Å². The van der Waals surface area contributed by atoms with Gasteiger partial charge in [-0.05, 0) is 49.6 Å². The number of rotatable bonds is 5. The number of esters is 1. The van der Waals surface area contributed by atoms with E-state index in [1.165, 1.54) is 12.1 Å². The minimum absolute atomic E-state index is 0.0638. The zero-order chi connectivity index (χ0) is 26.3. The molecule has 4 rings (SSSR count). The monoisotopic (exact) mass is 504 g/mol. The minimum Gasteiger partial charge on any atom is -0.473 e. The largest absolute Gasteiger partial charge is 0.473 e. The molecule has 186 valence electrons. The number of ether oxygens (including phenoxy) is 3. The molecule has 0 N–H and O–H groups in total. The number of aryl methyl sites for hydroxylation is 2. The summed E-state index contributed by atoms with van der Waals surface area (Å²) in [5, 5.41) is 0. The van der Waals surface area contributed by atoms with E-state index in [1.807, 2.05) is 31.2 Å². The molecule has 36 heavy (non-hydrogen) atoms. The van der Waals surface area contributed by atoms with Crippen LogP contribution in [0.4, 0.5) is 22.0 Å². The van der Waals surface area contributed by atoms with Crippen molar-refractivity contribution in [1.82, 2.24) is 0 Å². The predicted octanol–water partition coefficient (Wildman–Crippen LogP) is 5.99. The summed E-state index contributed by atoms with van der Waals surface area (Å²) >= 11 is 0. The highest BCUT2D eigenvalue weighted by molar-refractivity contribution is 6.15. The van der Waals surface area contributed by atoms with Crippen molar-refractivity contribution in [2.24, 2.45) is 0 Å². The summed E-state index contributed by atoms with van der Waals surface area (Å²) in [5.41, 5.74) is 2.38. The van der Waals surface area contributed by atoms with Crippen molar-refractivity contribution < 1.29 is 45.8 Å². The van der Waals surface area contributed by atoms with Crippen molar-refractivity contribution >= 4 is 17.8 Å². The molecule has 5 nitrogen and oxygen atoms in total. The third kappa shape index (κ3) is 4.41. The number of carbonyl (C=O) groups excluding carboxylic acids is 2. The van der Waals surface area contributed by atoms with Gasteiger partial charge in [-0.15, -0.1) is 0 Å². The van der Waals surface area contributed by atoms with E-state index >= 15 is 0 Å². The SMILES string of the molecule is Cc1ccccc1/C=C1\Oc2cc(OC(=O)C(C)Oc3c(F)c(F)c(F)c(F)c3F)cc(C)c2C1=O. The molecule has 0 saturated heterocycles. The van der Waals surface area contributed by atoms with Crippen LogP contribution >= 0.6 is 0 Å². The molecule has 0 radical (unpaired) electrons. The van der Waals surface area contributed by atoms with E-state index in [0.29, 0.717) is 5.56 Å². The Bertz CT molecular complexity index is 1420. The molecule has 0 amide bonds. The third-order valence-corrected chi connectivity index (χ3v) is 5.43. The first kappa shape index (κ1) is 24.9. The van der Waals surface area contributed by atoms with Gasteiger partial charge in [-0.2, -0.15) is 8.78 Å². The molecule has 10 heteroatoms. The van der Waals surface area contributed by atoms with Crippen LogP contribution in [0.15, 0.2) is 42.2 Å². The number of benzene rings is 3. The van der Waals surface area contributed by atoms with Gasteiger partial charge in [0.2, 0.25) is 34.9 Å². The van der Waals surface area contributed by atoms with Gasteiger partial charge in [0.05, 0.1) is 5.56 Å². The summed E-state index contributed by atoms with van der Waals surface area (Å²) in [4.78, 5) is 25.3. The van der Waals surface area contributed by atoms with Crippen LogP contribution in [0, 0.1) is 42.9 Å². The Kier molecular flexibility index (Phi) is 6.53. The Morgan fingerprint density at radius 3 is 2.17 bits per heavy atom. The third-order valence-electron chi connectivity index (χ3n) is 5.43. The number of hydrogen-bond acceptors (Lipinski definition) is 5. The molecule has 1 atom stereocenters.